The molecule has 6 heteroatoms. The van der Waals surface area contributed by atoms with Crippen LogP contribution in [0.2, 0.25) is 0 Å². The Kier molecular flexibility index (Phi) is 4.45. The van der Waals surface area contributed by atoms with Crippen LogP contribution < -0.4 is 5.32 Å². The Hall–Kier alpha value is -2.11. The van der Waals surface area contributed by atoms with Crippen LogP contribution in [-0.4, -0.2) is 47.0 Å². The normalized spacial score (nSPS) is 9.76. The van der Waals surface area contributed by atoms with Crippen molar-refractivity contribution < 1.29 is 14.7 Å². The molecule has 0 aromatic carbocycles. The fourth-order valence-corrected chi connectivity index (χ4v) is 1.10. The number of hydrogen-bond donors (Lipinski definition) is 2. The zero-order chi connectivity index (χ0) is 12.8. The summed E-state index contributed by atoms with van der Waals surface area (Å²) < 4.78 is 0. The predicted molar refractivity (Wildman–Crippen MR) is 63.0 cm³/mol. The summed E-state index contributed by atoms with van der Waals surface area (Å²) in [6, 6.07) is 2.97. The van der Waals surface area contributed by atoms with Crippen LogP contribution in [0.25, 0.3) is 0 Å². The number of amides is 1. The van der Waals surface area contributed by atoms with E-state index in [4.69, 9.17) is 5.11 Å². The van der Waals surface area contributed by atoms with Crippen LogP contribution in [0.1, 0.15) is 17.3 Å². The highest BCUT2D eigenvalue weighted by Gasteiger charge is 2.07. The van der Waals surface area contributed by atoms with E-state index in [1.54, 1.807) is 11.9 Å². The van der Waals surface area contributed by atoms with Crippen molar-refractivity contribution in [2.24, 2.45) is 0 Å². The van der Waals surface area contributed by atoms with E-state index in [-0.39, 0.29) is 18.0 Å². The van der Waals surface area contributed by atoms with Crippen LogP contribution in [-0.2, 0) is 4.79 Å². The Morgan fingerprint density at radius 1 is 1.47 bits per heavy atom. The van der Waals surface area contributed by atoms with Crippen molar-refractivity contribution in [3.05, 3.63) is 23.9 Å². The maximum absolute atomic E-state index is 11.5. The van der Waals surface area contributed by atoms with Crippen molar-refractivity contribution >= 4 is 17.7 Å². The molecule has 0 fully saturated rings. The third-order valence-corrected chi connectivity index (χ3v) is 2.33. The van der Waals surface area contributed by atoms with Gasteiger partial charge in [0.1, 0.15) is 5.82 Å². The van der Waals surface area contributed by atoms with E-state index < -0.39 is 5.97 Å². The molecule has 0 aliphatic carbocycles. The zero-order valence-corrected chi connectivity index (χ0v) is 9.80. The molecule has 2 N–H and O–H groups in total. The molecule has 1 heterocycles. The number of nitrogens with one attached hydrogen (secondary N) is 1. The van der Waals surface area contributed by atoms with Crippen LogP contribution >= 0.6 is 0 Å². The molecule has 6 nitrogen and oxygen atoms in total. The standard InChI is InChI=1S/C11H15N3O3/c1-3-14(2)10(15)7-13-9-5-4-8(6-12-9)11(16)17/h4-6H,3,7H2,1-2H3,(H,12,13)(H,16,17). The number of aromatic carboxylic acids is 1. The van der Waals surface area contributed by atoms with E-state index in [0.717, 1.165) is 0 Å². The van der Waals surface area contributed by atoms with Crippen LogP contribution in [0.4, 0.5) is 5.82 Å². The van der Waals surface area contributed by atoms with E-state index in [9.17, 15) is 9.59 Å². The zero-order valence-electron chi connectivity index (χ0n) is 9.80. The lowest BCUT2D eigenvalue weighted by Gasteiger charge is -2.14. The summed E-state index contributed by atoms with van der Waals surface area (Å²) in [7, 11) is 1.71. The van der Waals surface area contributed by atoms with E-state index in [2.05, 4.69) is 10.3 Å². The number of pyridine rings is 1. The van der Waals surface area contributed by atoms with Gasteiger partial charge in [-0.1, -0.05) is 0 Å². The Labute approximate surface area is 99.3 Å². The fraction of sp³-hybridized carbons (Fsp3) is 0.364. The van der Waals surface area contributed by atoms with Crippen LogP contribution in [0.3, 0.4) is 0 Å². The highest BCUT2D eigenvalue weighted by Crippen LogP contribution is 2.04. The Morgan fingerprint density at radius 3 is 2.65 bits per heavy atom. The van der Waals surface area contributed by atoms with Gasteiger partial charge >= 0.3 is 5.97 Å². The average molecular weight is 237 g/mol. The second-order valence-electron chi connectivity index (χ2n) is 3.50. The van der Waals surface area contributed by atoms with Gasteiger partial charge < -0.3 is 15.3 Å². The third kappa shape index (κ3) is 3.75. The number of hydrogen-bond acceptors (Lipinski definition) is 4. The van der Waals surface area contributed by atoms with Gasteiger partial charge in [-0.05, 0) is 19.1 Å². The Bertz CT molecular complexity index is 403. The van der Waals surface area contributed by atoms with Crippen LogP contribution in [0, 0.1) is 0 Å². The number of likely N-dealkylation sites (N-methyl/N-ethyl adjacent to an activating group) is 1. The first-order chi connectivity index (χ1) is 8.04. The summed E-state index contributed by atoms with van der Waals surface area (Å²) in [5, 5.41) is 11.5. The van der Waals surface area contributed by atoms with Gasteiger partial charge in [0.2, 0.25) is 5.91 Å². The van der Waals surface area contributed by atoms with Gasteiger partial charge in [0, 0.05) is 19.8 Å². The second-order valence-corrected chi connectivity index (χ2v) is 3.50. The molecule has 92 valence electrons. The lowest BCUT2D eigenvalue weighted by Crippen LogP contribution is -2.32. The minimum atomic E-state index is -1.02. The van der Waals surface area contributed by atoms with Gasteiger partial charge in [-0.25, -0.2) is 9.78 Å². The molecule has 0 saturated heterocycles. The topological polar surface area (TPSA) is 82.5 Å². The summed E-state index contributed by atoms with van der Waals surface area (Å²) in [5.74, 6) is -0.588. The molecule has 0 atom stereocenters. The molecule has 0 spiro atoms. The maximum Gasteiger partial charge on any atom is 0.337 e. The summed E-state index contributed by atoms with van der Waals surface area (Å²) in [5.41, 5.74) is 0.118. The van der Waals surface area contributed by atoms with Gasteiger partial charge in [-0.3, -0.25) is 4.79 Å². The number of carbonyl (C=O) groups is 2. The minimum absolute atomic E-state index is 0.0448. The number of nitrogens with zero attached hydrogens (tertiary/aromatic N) is 2. The number of rotatable bonds is 5. The van der Waals surface area contributed by atoms with Crippen LogP contribution in [0.15, 0.2) is 18.3 Å². The van der Waals surface area contributed by atoms with E-state index in [1.165, 1.54) is 18.3 Å². The molecule has 0 aliphatic heterocycles. The summed E-state index contributed by atoms with van der Waals surface area (Å²) in [4.78, 5) is 27.5. The SMILES string of the molecule is CCN(C)C(=O)CNc1ccc(C(=O)O)cn1. The van der Waals surface area contributed by atoms with Crippen molar-refractivity contribution in [1.82, 2.24) is 9.88 Å². The smallest absolute Gasteiger partial charge is 0.337 e. The number of carboxylic acids is 1. The molecular weight excluding hydrogens is 222 g/mol. The van der Waals surface area contributed by atoms with Crippen molar-refractivity contribution in [1.29, 1.82) is 0 Å². The van der Waals surface area contributed by atoms with Crippen molar-refractivity contribution in [2.45, 2.75) is 6.92 Å². The minimum Gasteiger partial charge on any atom is -0.478 e. The monoisotopic (exact) mass is 237 g/mol. The average Bonchev–Trinajstić information content (AvgIpc) is 2.35. The highest BCUT2D eigenvalue weighted by atomic mass is 16.4. The predicted octanol–water partition coefficient (Wildman–Crippen LogP) is 0.670. The molecular formula is C11H15N3O3. The molecule has 0 radical (unpaired) electrons. The van der Waals surface area contributed by atoms with Gasteiger partial charge in [0.05, 0.1) is 12.1 Å². The number of carbonyl (C=O) groups excluding carboxylic acids is 1. The molecule has 0 aliphatic rings. The van der Waals surface area contributed by atoms with Crippen molar-refractivity contribution in [3.63, 3.8) is 0 Å². The first-order valence-corrected chi connectivity index (χ1v) is 5.21. The summed E-state index contributed by atoms with van der Waals surface area (Å²) >= 11 is 0. The molecule has 1 aromatic rings. The van der Waals surface area contributed by atoms with Crippen LogP contribution in [0.5, 0.6) is 0 Å². The van der Waals surface area contributed by atoms with E-state index >= 15 is 0 Å². The maximum atomic E-state index is 11.5. The van der Waals surface area contributed by atoms with Gasteiger partial charge in [0.25, 0.3) is 0 Å². The first-order valence-electron chi connectivity index (χ1n) is 5.21. The molecule has 0 bridgehead atoms. The summed E-state index contributed by atoms with van der Waals surface area (Å²) in [6.45, 7) is 2.67. The molecule has 1 rings (SSSR count). The fourth-order valence-electron chi connectivity index (χ4n) is 1.10. The third-order valence-electron chi connectivity index (χ3n) is 2.33. The largest absolute Gasteiger partial charge is 0.478 e. The molecule has 17 heavy (non-hydrogen) atoms. The molecule has 1 amide bonds. The van der Waals surface area contributed by atoms with Crippen molar-refractivity contribution in [3.8, 4) is 0 Å². The molecule has 0 unspecified atom stereocenters. The number of anilines is 1. The Balaban J connectivity index is 2.53. The quantitative estimate of drug-likeness (QED) is 0.786. The molecule has 0 saturated carbocycles. The highest BCUT2D eigenvalue weighted by molar-refractivity contribution is 5.87. The first kappa shape index (κ1) is 13.0. The Morgan fingerprint density at radius 2 is 2.18 bits per heavy atom. The summed E-state index contributed by atoms with van der Waals surface area (Å²) in [6.07, 6.45) is 1.25. The van der Waals surface area contributed by atoms with Gasteiger partial charge in [-0.15, -0.1) is 0 Å². The number of aromatic nitrogens is 1. The molecule has 1 aromatic heterocycles. The lowest BCUT2D eigenvalue weighted by atomic mass is 10.3. The lowest BCUT2D eigenvalue weighted by molar-refractivity contribution is -0.127. The van der Waals surface area contributed by atoms with E-state index in [0.29, 0.717) is 12.4 Å². The second kappa shape index (κ2) is 5.83. The van der Waals surface area contributed by atoms with Gasteiger partial charge in [-0.2, -0.15) is 0 Å². The number of carboxylic acid groups (broad SMARTS) is 1. The van der Waals surface area contributed by atoms with E-state index in [1.807, 2.05) is 6.92 Å². The van der Waals surface area contributed by atoms with Gasteiger partial charge in [0.15, 0.2) is 0 Å². The van der Waals surface area contributed by atoms with Crippen molar-refractivity contribution in [2.75, 3.05) is 25.5 Å².